The Balaban J connectivity index is 2.31. The first kappa shape index (κ1) is 19.7. The Morgan fingerprint density at radius 3 is 2.50 bits per heavy atom. The van der Waals surface area contributed by atoms with Crippen LogP contribution in [0.15, 0.2) is 24.4 Å². The van der Waals surface area contributed by atoms with Crippen molar-refractivity contribution in [3.8, 4) is 11.3 Å². The molecule has 0 spiro atoms. The van der Waals surface area contributed by atoms with Gasteiger partial charge in [0.05, 0.1) is 17.7 Å². The molecule has 2 rings (SSSR count). The van der Waals surface area contributed by atoms with Gasteiger partial charge in [-0.1, -0.05) is 6.92 Å². The van der Waals surface area contributed by atoms with E-state index in [1.807, 2.05) is 0 Å². The summed E-state index contributed by atoms with van der Waals surface area (Å²) in [5.41, 5.74) is 1.69. The second-order valence-electron chi connectivity index (χ2n) is 7.05. The normalized spacial score (nSPS) is 11.3. The SMILES string of the molecule is CCC(=O)c1ccc(-c2cc(CC(=O)OC(C)(C)C)cnc2C)nc1F. The molecule has 2 aromatic rings. The molecule has 0 atom stereocenters. The van der Waals surface area contributed by atoms with Crippen molar-refractivity contribution in [2.24, 2.45) is 0 Å². The molecular weight excluding hydrogens is 335 g/mol. The van der Waals surface area contributed by atoms with E-state index in [4.69, 9.17) is 4.74 Å². The highest BCUT2D eigenvalue weighted by Gasteiger charge is 2.18. The highest BCUT2D eigenvalue weighted by Crippen LogP contribution is 2.23. The number of rotatable bonds is 5. The first-order chi connectivity index (χ1) is 12.1. The molecule has 0 aliphatic heterocycles. The Bertz CT molecular complexity index is 841. The maximum atomic E-state index is 14.2. The third-order valence-corrected chi connectivity index (χ3v) is 3.66. The molecule has 138 valence electrons. The van der Waals surface area contributed by atoms with Crippen molar-refractivity contribution in [2.45, 2.75) is 53.1 Å². The van der Waals surface area contributed by atoms with E-state index in [1.165, 1.54) is 6.07 Å². The monoisotopic (exact) mass is 358 g/mol. The van der Waals surface area contributed by atoms with Crippen LogP contribution in [-0.2, 0) is 16.0 Å². The molecular formula is C20H23FN2O3. The molecule has 26 heavy (non-hydrogen) atoms. The summed E-state index contributed by atoms with van der Waals surface area (Å²) in [4.78, 5) is 31.9. The van der Waals surface area contributed by atoms with Crippen molar-refractivity contribution in [1.29, 1.82) is 0 Å². The van der Waals surface area contributed by atoms with Crippen LogP contribution in [-0.4, -0.2) is 27.3 Å². The Morgan fingerprint density at radius 1 is 1.23 bits per heavy atom. The van der Waals surface area contributed by atoms with Gasteiger partial charge < -0.3 is 4.74 Å². The zero-order chi connectivity index (χ0) is 19.5. The number of halogens is 1. The van der Waals surface area contributed by atoms with Crippen LogP contribution in [0.1, 0.15) is 55.7 Å². The molecule has 2 heterocycles. The molecule has 0 aromatic carbocycles. The molecule has 0 saturated heterocycles. The van der Waals surface area contributed by atoms with Gasteiger partial charge in [-0.25, -0.2) is 4.98 Å². The number of aromatic nitrogens is 2. The summed E-state index contributed by atoms with van der Waals surface area (Å²) >= 11 is 0. The zero-order valence-electron chi connectivity index (χ0n) is 15.7. The molecule has 0 radical (unpaired) electrons. The lowest BCUT2D eigenvalue weighted by molar-refractivity contribution is -0.153. The molecule has 0 fully saturated rings. The van der Waals surface area contributed by atoms with E-state index in [-0.39, 0.29) is 30.2 Å². The standard InChI is InChI=1S/C20H23FN2O3/c1-6-17(24)14-7-8-16(23-19(14)21)15-9-13(11-22-12(15)2)10-18(25)26-20(3,4)5/h7-9,11H,6,10H2,1-5H3. The highest BCUT2D eigenvalue weighted by atomic mass is 19.1. The maximum Gasteiger partial charge on any atom is 0.310 e. The van der Waals surface area contributed by atoms with E-state index in [2.05, 4.69) is 9.97 Å². The lowest BCUT2D eigenvalue weighted by Gasteiger charge is -2.19. The van der Waals surface area contributed by atoms with E-state index in [9.17, 15) is 14.0 Å². The Labute approximate surface area is 152 Å². The number of carbonyl (C=O) groups excluding carboxylic acids is 2. The summed E-state index contributed by atoms with van der Waals surface area (Å²) in [7, 11) is 0. The number of hydrogen-bond acceptors (Lipinski definition) is 5. The molecule has 0 aliphatic carbocycles. The van der Waals surface area contributed by atoms with Crippen molar-refractivity contribution in [2.75, 3.05) is 0 Å². The molecule has 0 saturated carbocycles. The van der Waals surface area contributed by atoms with Crippen molar-refractivity contribution in [3.05, 3.63) is 47.2 Å². The van der Waals surface area contributed by atoms with Gasteiger partial charge in [0.2, 0.25) is 5.95 Å². The summed E-state index contributed by atoms with van der Waals surface area (Å²) in [6.45, 7) is 8.85. The van der Waals surface area contributed by atoms with E-state index in [0.717, 1.165) is 0 Å². The topological polar surface area (TPSA) is 69.2 Å². The van der Waals surface area contributed by atoms with Crippen LogP contribution in [0.3, 0.4) is 0 Å². The van der Waals surface area contributed by atoms with Crippen molar-refractivity contribution < 1.29 is 18.7 Å². The third kappa shape index (κ3) is 4.94. The highest BCUT2D eigenvalue weighted by molar-refractivity contribution is 5.96. The van der Waals surface area contributed by atoms with Crippen LogP contribution in [0.25, 0.3) is 11.3 Å². The van der Waals surface area contributed by atoms with Crippen LogP contribution < -0.4 is 0 Å². The van der Waals surface area contributed by atoms with Crippen molar-refractivity contribution >= 4 is 11.8 Å². The summed E-state index contributed by atoms with van der Waals surface area (Å²) in [5.74, 6) is -1.46. The van der Waals surface area contributed by atoms with E-state index >= 15 is 0 Å². The second-order valence-corrected chi connectivity index (χ2v) is 7.05. The number of Topliss-reactive ketones (excluding diaryl/α,β-unsaturated/α-hetero) is 1. The lowest BCUT2D eigenvalue weighted by Crippen LogP contribution is -2.25. The minimum absolute atomic E-state index is 0.0215. The molecule has 0 amide bonds. The summed E-state index contributed by atoms with van der Waals surface area (Å²) < 4.78 is 19.5. The van der Waals surface area contributed by atoms with Gasteiger partial charge in [-0.3, -0.25) is 14.6 Å². The molecule has 0 N–H and O–H groups in total. The van der Waals surface area contributed by atoms with Gasteiger partial charge in [0, 0.05) is 23.9 Å². The fourth-order valence-corrected chi connectivity index (χ4v) is 2.46. The Hall–Kier alpha value is -2.63. The van der Waals surface area contributed by atoms with Gasteiger partial charge in [-0.2, -0.15) is 4.39 Å². The minimum atomic E-state index is -0.800. The first-order valence-corrected chi connectivity index (χ1v) is 8.48. The summed E-state index contributed by atoms with van der Waals surface area (Å²) in [5, 5.41) is 0. The van der Waals surface area contributed by atoms with Crippen LogP contribution in [0.4, 0.5) is 4.39 Å². The molecule has 6 heteroatoms. The second kappa shape index (κ2) is 7.72. The predicted octanol–water partition coefficient (Wildman–Crippen LogP) is 4.07. The smallest absolute Gasteiger partial charge is 0.310 e. The number of ether oxygens (including phenoxy) is 1. The fraction of sp³-hybridized carbons (Fsp3) is 0.400. The van der Waals surface area contributed by atoms with Gasteiger partial charge in [0.1, 0.15) is 5.60 Å². The molecule has 2 aromatic heterocycles. The largest absolute Gasteiger partial charge is 0.460 e. The lowest BCUT2D eigenvalue weighted by atomic mass is 10.0. The van der Waals surface area contributed by atoms with Gasteiger partial charge in [0.15, 0.2) is 5.78 Å². The zero-order valence-corrected chi connectivity index (χ0v) is 15.7. The van der Waals surface area contributed by atoms with E-state index < -0.39 is 11.5 Å². The maximum absolute atomic E-state index is 14.2. The summed E-state index contributed by atoms with van der Waals surface area (Å²) in [6.07, 6.45) is 1.87. The summed E-state index contributed by atoms with van der Waals surface area (Å²) in [6, 6.07) is 4.77. The average Bonchev–Trinajstić information content (AvgIpc) is 2.54. The first-order valence-electron chi connectivity index (χ1n) is 8.48. The Morgan fingerprint density at radius 2 is 1.92 bits per heavy atom. The van der Waals surface area contributed by atoms with Gasteiger partial charge in [-0.05, 0) is 51.5 Å². The van der Waals surface area contributed by atoms with E-state index in [0.29, 0.717) is 22.5 Å². The van der Waals surface area contributed by atoms with Crippen molar-refractivity contribution in [3.63, 3.8) is 0 Å². The van der Waals surface area contributed by atoms with Crippen molar-refractivity contribution in [1.82, 2.24) is 9.97 Å². The number of nitrogens with zero attached hydrogens (tertiary/aromatic N) is 2. The number of pyridine rings is 2. The minimum Gasteiger partial charge on any atom is -0.460 e. The number of esters is 1. The third-order valence-electron chi connectivity index (χ3n) is 3.66. The molecule has 5 nitrogen and oxygen atoms in total. The predicted molar refractivity (Wildman–Crippen MR) is 96.3 cm³/mol. The van der Waals surface area contributed by atoms with Crippen LogP contribution in [0.2, 0.25) is 0 Å². The Kier molecular flexibility index (Phi) is 5.85. The quantitative estimate of drug-likeness (QED) is 0.458. The van der Waals surface area contributed by atoms with Gasteiger partial charge >= 0.3 is 5.97 Å². The number of hydrogen-bond donors (Lipinski definition) is 0. The van der Waals surface area contributed by atoms with Gasteiger partial charge in [0.25, 0.3) is 0 Å². The van der Waals surface area contributed by atoms with Crippen LogP contribution in [0.5, 0.6) is 0 Å². The molecule has 0 bridgehead atoms. The number of aryl methyl sites for hydroxylation is 1. The molecule has 0 aliphatic rings. The van der Waals surface area contributed by atoms with Crippen LogP contribution in [0, 0.1) is 12.9 Å². The number of carbonyl (C=O) groups is 2. The fourth-order valence-electron chi connectivity index (χ4n) is 2.46. The van der Waals surface area contributed by atoms with Crippen LogP contribution >= 0.6 is 0 Å². The van der Waals surface area contributed by atoms with E-state index in [1.54, 1.807) is 52.9 Å². The van der Waals surface area contributed by atoms with Gasteiger partial charge in [-0.15, -0.1) is 0 Å². The number of ketones is 1. The molecule has 0 unspecified atom stereocenters. The average molecular weight is 358 g/mol.